The molecule has 0 aliphatic carbocycles. The molecular formula is C11H15ClIN. The second-order valence-corrected chi connectivity index (χ2v) is 4.82. The zero-order chi connectivity index (χ0) is 10.4. The Balaban J connectivity index is 2.41. The van der Waals surface area contributed by atoms with Crippen LogP contribution < -0.4 is 5.32 Å². The van der Waals surface area contributed by atoms with Gasteiger partial charge in [-0.1, -0.05) is 19.1 Å². The monoisotopic (exact) mass is 323 g/mol. The number of alkyl halides is 1. The minimum Gasteiger partial charge on any atom is -0.309 e. The van der Waals surface area contributed by atoms with Crippen LogP contribution in [0.1, 0.15) is 18.9 Å². The topological polar surface area (TPSA) is 12.0 Å². The average Bonchev–Trinajstić information content (AvgIpc) is 2.22. The number of halogens is 2. The Labute approximate surface area is 104 Å². The Morgan fingerprint density at radius 1 is 1.36 bits per heavy atom. The Morgan fingerprint density at radius 3 is 2.50 bits per heavy atom. The van der Waals surface area contributed by atoms with Crippen molar-refractivity contribution < 1.29 is 0 Å². The second kappa shape index (κ2) is 6.64. The summed E-state index contributed by atoms with van der Waals surface area (Å²) in [5.41, 5.74) is 1.31. The Morgan fingerprint density at radius 2 is 2.00 bits per heavy atom. The fourth-order valence-electron chi connectivity index (χ4n) is 1.17. The highest BCUT2D eigenvalue weighted by atomic mass is 127. The molecule has 14 heavy (non-hydrogen) atoms. The summed E-state index contributed by atoms with van der Waals surface area (Å²) in [4.78, 5) is 0. The lowest BCUT2D eigenvalue weighted by Gasteiger charge is -2.13. The molecule has 78 valence electrons. The van der Waals surface area contributed by atoms with Crippen LogP contribution in [0.15, 0.2) is 24.3 Å². The van der Waals surface area contributed by atoms with Crippen LogP contribution in [0.3, 0.4) is 0 Å². The zero-order valence-corrected chi connectivity index (χ0v) is 11.2. The molecule has 1 atom stereocenters. The van der Waals surface area contributed by atoms with E-state index in [1.54, 1.807) is 0 Å². The summed E-state index contributed by atoms with van der Waals surface area (Å²) in [5, 5.41) is 3.42. The molecule has 0 spiro atoms. The third kappa shape index (κ3) is 4.15. The van der Waals surface area contributed by atoms with E-state index in [0.29, 0.717) is 11.9 Å². The van der Waals surface area contributed by atoms with Crippen LogP contribution in [-0.2, 0) is 6.54 Å². The molecule has 3 heteroatoms. The first-order valence-electron chi connectivity index (χ1n) is 4.80. The zero-order valence-electron chi connectivity index (χ0n) is 8.26. The summed E-state index contributed by atoms with van der Waals surface area (Å²) in [5.74, 6) is 0.681. The lowest BCUT2D eigenvalue weighted by Crippen LogP contribution is -2.29. The van der Waals surface area contributed by atoms with Crippen LogP contribution in [0, 0.1) is 3.57 Å². The van der Waals surface area contributed by atoms with Crippen LogP contribution in [0.4, 0.5) is 0 Å². The first-order valence-corrected chi connectivity index (χ1v) is 6.41. The van der Waals surface area contributed by atoms with Gasteiger partial charge in [0.2, 0.25) is 0 Å². The Kier molecular flexibility index (Phi) is 5.82. The highest BCUT2D eigenvalue weighted by Crippen LogP contribution is 2.07. The van der Waals surface area contributed by atoms with Gasteiger partial charge in [-0.25, -0.2) is 0 Å². The van der Waals surface area contributed by atoms with Gasteiger partial charge in [0.05, 0.1) is 0 Å². The average molecular weight is 324 g/mol. The van der Waals surface area contributed by atoms with Crippen LogP contribution in [-0.4, -0.2) is 11.9 Å². The van der Waals surface area contributed by atoms with Crippen LogP contribution in [0.25, 0.3) is 0 Å². The molecule has 0 saturated carbocycles. The van der Waals surface area contributed by atoms with Gasteiger partial charge in [-0.15, -0.1) is 11.6 Å². The minimum absolute atomic E-state index is 0.427. The van der Waals surface area contributed by atoms with Gasteiger partial charge >= 0.3 is 0 Å². The summed E-state index contributed by atoms with van der Waals surface area (Å²) >= 11 is 8.11. The van der Waals surface area contributed by atoms with Crippen LogP contribution in [0.5, 0.6) is 0 Å². The van der Waals surface area contributed by atoms with Crippen molar-refractivity contribution in [1.29, 1.82) is 0 Å². The van der Waals surface area contributed by atoms with Crippen molar-refractivity contribution in [3.05, 3.63) is 33.4 Å². The van der Waals surface area contributed by atoms with E-state index in [0.717, 1.165) is 13.0 Å². The Hall–Kier alpha value is 0.200. The van der Waals surface area contributed by atoms with E-state index in [1.807, 2.05) is 0 Å². The highest BCUT2D eigenvalue weighted by Gasteiger charge is 2.02. The van der Waals surface area contributed by atoms with Gasteiger partial charge in [0.1, 0.15) is 0 Å². The van der Waals surface area contributed by atoms with Crippen molar-refractivity contribution in [2.75, 3.05) is 5.88 Å². The molecule has 0 radical (unpaired) electrons. The molecule has 0 aliphatic rings. The van der Waals surface area contributed by atoms with Crippen molar-refractivity contribution in [3.8, 4) is 0 Å². The van der Waals surface area contributed by atoms with E-state index in [4.69, 9.17) is 11.6 Å². The van der Waals surface area contributed by atoms with Gasteiger partial charge in [-0.3, -0.25) is 0 Å². The minimum atomic E-state index is 0.427. The normalized spacial score (nSPS) is 12.8. The molecule has 0 bridgehead atoms. The predicted molar refractivity (Wildman–Crippen MR) is 70.8 cm³/mol. The van der Waals surface area contributed by atoms with Crippen molar-refractivity contribution in [1.82, 2.24) is 5.32 Å². The smallest absolute Gasteiger partial charge is 0.0377 e. The van der Waals surface area contributed by atoms with Crippen LogP contribution in [0.2, 0.25) is 0 Å². The number of rotatable bonds is 5. The lowest BCUT2D eigenvalue weighted by atomic mass is 10.2. The standard InChI is InChI=1S/C11H15ClIN/c1-2-11(7-12)14-8-9-3-5-10(13)6-4-9/h3-6,11,14H,2,7-8H2,1H3. The SMILES string of the molecule is CCC(CCl)NCc1ccc(I)cc1. The van der Waals surface area contributed by atoms with Gasteiger partial charge in [-0.2, -0.15) is 0 Å². The molecule has 0 fully saturated rings. The molecule has 1 aromatic carbocycles. The van der Waals surface area contributed by atoms with E-state index in [1.165, 1.54) is 9.13 Å². The maximum absolute atomic E-state index is 5.80. The molecule has 0 amide bonds. The number of nitrogens with one attached hydrogen (secondary N) is 1. The van der Waals surface area contributed by atoms with E-state index in [2.05, 4.69) is 59.1 Å². The molecule has 1 aromatic rings. The molecule has 1 nitrogen and oxygen atoms in total. The Bertz CT molecular complexity index is 256. The molecule has 0 saturated heterocycles. The maximum Gasteiger partial charge on any atom is 0.0377 e. The third-order valence-electron chi connectivity index (χ3n) is 2.19. The number of benzene rings is 1. The van der Waals surface area contributed by atoms with E-state index >= 15 is 0 Å². The van der Waals surface area contributed by atoms with Crippen molar-refractivity contribution in [3.63, 3.8) is 0 Å². The summed E-state index contributed by atoms with van der Waals surface area (Å²) in [6, 6.07) is 8.97. The maximum atomic E-state index is 5.80. The van der Waals surface area contributed by atoms with Gasteiger partial charge in [0.25, 0.3) is 0 Å². The second-order valence-electron chi connectivity index (χ2n) is 3.27. The molecular weight excluding hydrogens is 308 g/mol. The highest BCUT2D eigenvalue weighted by molar-refractivity contribution is 14.1. The lowest BCUT2D eigenvalue weighted by molar-refractivity contribution is 0.539. The van der Waals surface area contributed by atoms with Crippen molar-refractivity contribution in [2.45, 2.75) is 25.9 Å². The number of hydrogen-bond donors (Lipinski definition) is 1. The summed E-state index contributed by atoms with van der Waals surface area (Å²) in [7, 11) is 0. The predicted octanol–water partition coefficient (Wildman–Crippen LogP) is 3.40. The van der Waals surface area contributed by atoms with Gasteiger partial charge < -0.3 is 5.32 Å². The molecule has 1 unspecified atom stereocenters. The van der Waals surface area contributed by atoms with Gasteiger partial charge in [0, 0.05) is 22.0 Å². The first kappa shape index (κ1) is 12.3. The largest absolute Gasteiger partial charge is 0.309 e. The van der Waals surface area contributed by atoms with Gasteiger partial charge in [0.15, 0.2) is 0 Å². The third-order valence-corrected chi connectivity index (χ3v) is 3.28. The summed E-state index contributed by atoms with van der Waals surface area (Å²) < 4.78 is 1.27. The van der Waals surface area contributed by atoms with Crippen molar-refractivity contribution in [2.24, 2.45) is 0 Å². The number of hydrogen-bond acceptors (Lipinski definition) is 1. The fourth-order valence-corrected chi connectivity index (χ4v) is 1.86. The van der Waals surface area contributed by atoms with Crippen molar-refractivity contribution >= 4 is 34.2 Å². The summed E-state index contributed by atoms with van der Waals surface area (Å²) in [6.07, 6.45) is 1.08. The molecule has 0 heterocycles. The molecule has 1 N–H and O–H groups in total. The quantitative estimate of drug-likeness (QED) is 0.647. The summed E-state index contributed by atoms with van der Waals surface area (Å²) in [6.45, 7) is 3.05. The van der Waals surface area contributed by atoms with E-state index < -0.39 is 0 Å². The molecule has 0 aromatic heterocycles. The molecule has 0 aliphatic heterocycles. The van der Waals surface area contributed by atoms with Gasteiger partial charge in [-0.05, 0) is 46.7 Å². The first-order chi connectivity index (χ1) is 6.76. The van der Waals surface area contributed by atoms with Crippen LogP contribution >= 0.6 is 34.2 Å². The van der Waals surface area contributed by atoms with E-state index in [-0.39, 0.29) is 0 Å². The van der Waals surface area contributed by atoms with E-state index in [9.17, 15) is 0 Å². The fraction of sp³-hybridized carbons (Fsp3) is 0.455. The molecule has 1 rings (SSSR count).